The van der Waals surface area contributed by atoms with E-state index in [9.17, 15) is 10.1 Å². The Hall–Kier alpha value is -2.45. The number of nitro groups is 1. The van der Waals surface area contributed by atoms with E-state index in [1.807, 2.05) is 0 Å². The smallest absolute Gasteiger partial charge is 0.329 e. The number of anilines is 3. The highest BCUT2D eigenvalue weighted by molar-refractivity contribution is 6.30. The fraction of sp³-hybridized carbons (Fsp3) is 0.333. The van der Waals surface area contributed by atoms with Crippen LogP contribution in [0.1, 0.15) is 12.8 Å². The molecule has 1 aliphatic heterocycles. The first-order valence-corrected chi connectivity index (χ1v) is 7.89. The Balaban J connectivity index is 1.76. The van der Waals surface area contributed by atoms with Gasteiger partial charge in [-0.1, -0.05) is 11.6 Å². The van der Waals surface area contributed by atoms with Crippen molar-refractivity contribution in [3.63, 3.8) is 0 Å². The van der Waals surface area contributed by atoms with Crippen LogP contribution in [0.4, 0.5) is 23.1 Å². The maximum absolute atomic E-state index is 11.1. The van der Waals surface area contributed by atoms with E-state index in [1.165, 1.54) is 6.20 Å². The van der Waals surface area contributed by atoms with E-state index in [2.05, 4.69) is 20.6 Å². The average molecular weight is 350 g/mol. The largest absolute Gasteiger partial charge is 0.376 e. The normalized spacial score (nSPS) is 16.8. The Labute approximate surface area is 143 Å². The summed E-state index contributed by atoms with van der Waals surface area (Å²) >= 11 is 5.84. The summed E-state index contributed by atoms with van der Waals surface area (Å²) in [6.07, 6.45) is 3.17. The Bertz CT molecular complexity index is 720. The first-order valence-electron chi connectivity index (χ1n) is 7.51. The standard InChI is InChI=1S/C15H16ClN5O3/c16-10-3-5-11(6-4-10)19-15-18-9-13(21(22)23)14(20-15)17-8-12-2-1-7-24-12/h3-6,9,12H,1-2,7-8H2,(H2,17,18,19,20). The third kappa shape index (κ3) is 4.09. The summed E-state index contributed by atoms with van der Waals surface area (Å²) in [5, 5.41) is 17.7. The second-order valence-electron chi connectivity index (χ2n) is 5.33. The molecule has 1 unspecified atom stereocenters. The van der Waals surface area contributed by atoms with Crippen LogP contribution in [0.5, 0.6) is 0 Å². The highest BCUT2D eigenvalue weighted by atomic mass is 35.5. The average Bonchev–Trinajstić information content (AvgIpc) is 3.08. The molecule has 2 aromatic rings. The van der Waals surface area contributed by atoms with Gasteiger partial charge in [0.05, 0.1) is 11.0 Å². The van der Waals surface area contributed by atoms with Crippen LogP contribution < -0.4 is 10.6 Å². The Kier molecular flexibility index (Phi) is 5.07. The van der Waals surface area contributed by atoms with E-state index in [-0.39, 0.29) is 23.6 Å². The van der Waals surface area contributed by atoms with Gasteiger partial charge in [0.2, 0.25) is 11.8 Å². The number of nitrogens with one attached hydrogen (secondary N) is 2. The lowest BCUT2D eigenvalue weighted by Gasteiger charge is -2.12. The minimum atomic E-state index is -0.510. The van der Waals surface area contributed by atoms with E-state index >= 15 is 0 Å². The van der Waals surface area contributed by atoms with Crippen molar-refractivity contribution >= 4 is 34.7 Å². The van der Waals surface area contributed by atoms with Crippen molar-refractivity contribution in [3.05, 3.63) is 45.6 Å². The van der Waals surface area contributed by atoms with E-state index in [1.54, 1.807) is 24.3 Å². The first kappa shape index (κ1) is 16.4. The van der Waals surface area contributed by atoms with E-state index in [4.69, 9.17) is 16.3 Å². The van der Waals surface area contributed by atoms with Crippen LogP contribution in [0.15, 0.2) is 30.5 Å². The third-order valence-corrected chi connectivity index (χ3v) is 3.84. The summed E-state index contributed by atoms with van der Waals surface area (Å²) in [6.45, 7) is 1.19. The molecule has 3 rings (SSSR count). The maximum atomic E-state index is 11.1. The summed E-state index contributed by atoms with van der Waals surface area (Å²) in [6, 6.07) is 7.00. The van der Waals surface area contributed by atoms with Gasteiger partial charge in [-0.2, -0.15) is 4.98 Å². The van der Waals surface area contributed by atoms with Crippen LogP contribution in [0, 0.1) is 10.1 Å². The molecule has 1 aromatic carbocycles. The van der Waals surface area contributed by atoms with Crippen LogP contribution in [-0.2, 0) is 4.74 Å². The van der Waals surface area contributed by atoms with Crippen molar-refractivity contribution < 1.29 is 9.66 Å². The van der Waals surface area contributed by atoms with Crippen molar-refractivity contribution in [2.45, 2.75) is 18.9 Å². The van der Waals surface area contributed by atoms with Crippen LogP contribution >= 0.6 is 11.6 Å². The molecule has 126 valence electrons. The maximum Gasteiger partial charge on any atom is 0.329 e. The number of benzene rings is 1. The predicted octanol–water partition coefficient (Wildman–Crippen LogP) is 3.37. The first-order chi connectivity index (χ1) is 11.6. The molecule has 1 saturated heterocycles. The van der Waals surface area contributed by atoms with Crippen molar-refractivity contribution in [3.8, 4) is 0 Å². The lowest BCUT2D eigenvalue weighted by molar-refractivity contribution is -0.384. The topological polar surface area (TPSA) is 102 Å². The lowest BCUT2D eigenvalue weighted by atomic mass is 10.2. The number of ether oxygens (including phenoxy) is 1. The van der Waals surface area contributed by atoms with Gasteiger partial charge in [0, 0.05) is 23.9 Å². The summed E-state index contributed by atoms with van der Waals surface area (Å²) in [4.78, 5) is 18.8. The second kappa shape index (κ2) is 7.41. The van der Waals surface area contributed by atoms with Crippen molar-refractivity contribution in [2.24, 2.45) is 0 Å². The van der Waals surface area contributed by atoms with Gasteiger partial charge in [0.1, 0.15) is 6.20 Å². The molecule has 2 heterocycles. The quantitative estimate of drug-likeness (QED) is 0.608. The number of nitrogens with zero attached hydrogens (tertiary/aromatic N) is 3. The van der Waals surface area contributed by atoms with Crippen molar-refractivity contribution in [2.75, 3.05) is 23.8 Å². The molecule has 24 heavy (non-hydrogen) atoms. The highest BCUT2D eigenvalue weighted by Crippen LogP contribution is 2.24. The van der Waals surface area contributed by atoms with Crippen LogP contribution in [-0.4, -0.2) is 34.1 Å². The molecule has 8 nitrogen and oxygen atoms in total. The zero-order valence-electron chi connectivity index (χ0n) is 12.7. The van der Waals surface area contributed by atoms with Gasteiger partial charge >= 0.3 is 5.69 Å². The number of halogens is 1. The fourth-order valence-electron chi connectivity index (χ4n) is 2.38. The molecule has 0 amide bonds. The Morgan fingerprint density at radius 3 is 2.83 bits per heavy atom. The predicted molar refractivity (Wildman–Crippen MR) is 90.9 cm³/mol. The van der Waals surface area contributed by atoms with Crippen molar-refractivity contribution in [1.82, 2.24) is 9.97 Å². The Morgan fingerprint density at radius 1 is 1.38 bits per heavy atom. The van der Waals surface area contributed by atoms with Gasteiger partial charge in [0.15, 0.2) is 0 Å². The summed E-state index contributed by atoms with van der Waals surface area (Å²) in [5.74, 6) is 0.430. The van der Waals surface area contributed by atoms with E-state index < -0.39 is 4.92 Å². The van der Waals surface area contributed by atoms with Gasteiger partial charge in [-0.15, -0.1) is 0 Å². The van der Waals surface area contributed by atoms with E-state index in [0.29, 0.717) is 11.6 Å². The monoisotopic (exact) mass is 349 g/mol. The van der Waals surface area contributed by atoms with Gasteiger partial charge < -0.3 is 15.4 Å². The number of rotatable bonds is 6. The van der Waals surface area contributed by atoms with Gasteiger partial charge in [-0.05, 0) is 37.1 Å². The number of aromatic nitrogens is 2. The third-order valence-electron chi connectivity index (χ3n) is 3.59. The molecule has 0 saturated carbocycles. The molecular formula is C15H16ClN5O3. The minimum absolute atomic E-state index is 0.0484. The molecule has 1 atom stereocenters. The molecular weight excluding hydrogens is 334 g/mol. The van der Waals surface area contributed by atoms with Crippen molar-refractivity contribution in [1.29, 1.82) is 0 Å². The zero-order chi connectivity index (χ0) is 16.9. The highest BCUT2D eigenvalue weighted by Gasteiger charge is 2.20. The summed E-state index contributed by atoms with van der Waals surface area (Å²) in [7, 11) is 0. The summed E-state index contributed by atoms with van der Waals surface area (Å²) in [5.41, 5.74) is 0.563. The molecule has 1 aliphatic rings. The van der Waals surface area contributed by atoms with Gasteiger partial charge in [-0.25, -0.2) is 4.98 Å². The molecule has 0 spiro atoms. The minimum Gasteiger partial charge on any atom is -0.376 e. The van der Waals surface area contributed by atoms with Crippen LogP contribution in [0.2, 0.25) is 5.02 Å². The van der Waals surface area contributed by atoms with Gasteiger partial charge in [0.25, 0.3) is 0 Å². The molecule has 9 heteroatoms. The lowest BCUT2D eigenvalue weighted by Crippen LogP contribution is -2.20. The van der Waals surface area contributed by atoms with E-state index in [0.717, 1.165) is 25.1 Å². The number of hydrogen-bond acceptors (Lipinski definition) is 7. The molecule has 0 aliphatic carbocycles. The fourth-order valence-corrected chi connectivity index (χ4v) is 2.50. The van der Waals surface area contributed by atoms with Crippen LogP contribution in [0.3, 0.4) is 0 Å². The number of hydrogen-bond donors (Lipinski definition) is 2. The van der Waals surface area contributed by atoms with Gasteiger partial charge in [-0.3, -0.25) is 10.1 Å². The zero-order valence-corrected chi connectivity index (χ0v) is 13.5. The SMILES string of the molecule is O=[N+]([O-])c1cnc(Nc2ccc(Cl)cc2)nc1NCC1CCCO1. The Morgan fingerprint density at radius 2 is 2.17 bits per heavy atom. The molecule has 2 N–H and O–H groups in total. The molecule has 1 fully saturated rings. The molecule has 0 bridgehead atoms. The van der Waals surface area contributed by atoms with Crippen LogP contribution in [0.25, 0.3) is 0 Å². The molecule has 0 radical (unpaired) electrons. The summed E-state index contributed by atoms with van der Waals surface area (Å²) < 4.78 is 5.51. The second-order valence-corrected chi connectivity index (χ2v) is 5.77. The molecule has 1 aromatic heterocycles.